The number of aromatic nitrogens is 2. The van der Waals surface area contributed by atoms with Crippen LogP contribution in [0.15, 0.2) is 18.2 Å². The first kappa shape index (κ1) is 12.4. The molecule has 0 radical (unpaired) electrons. The van der Waals surface area contributed by atoms with Gasteiger partial charge in [0.1, 0.15) is 0 Å². The van der Waals surface area contributed by atoms with Crippen molar-refractivity contribution in [3.8, 4) is 0 Å². The number of hydrogen-bond acceptors (Lipinski definition) is 4. The van der Waals surface area contributed by atoms with E-state index >= 15 is 0 Å². The zero-order valence-corrected chi connectivity index (χ0v) is 11.3. The summed E-state index contributed by atoms with van der Waals surface area (Å²) in [6.45, 7) is 6.98. The summed E-state index contributed by atoms with van der Waals surface area (Å²) in [6.07, 6.45) is 0. The van der Waals surface area contributed by atoms with E-state index in [1.54, 1.807) is 0 Å². The third-order valence-electron chi connectivity index (χ3n) is 3.71. The first-order valence-electron chi connectivity index (χ1n) is 6.81. The van der Waals surface area contributed by atoms with Gasteiger partial charge in [-0.1, -0.05) is 6.07 Å². The molecule has 0 bridgehead atoms. The molecule has 1 aromatic carbocycles. The number of benzene rings is 1. The Morgan fingerprint density at radius 3 is 2.79 bits per heavy atom. The van der Waals surface area contributed by atoms with Gasteiger partial charge in [0.2, 0.25) is 5.95 Å². The minimum Gasteiger partial charge on any atom is -0.395 e. The number of aliphatic hydroxyl groups is 1. The van der Waals surface area contributed by atoms with Gasteiger partial charge in [-0.15, -0.1) is 0 Å². The van der Waals surface area contributed by atoms with Crippen molar-refractivity contribution in [3.05, 3.63) is 23.8 Å². The fraction of sp³-hybridized carbons (Fsp3) is 0.500. The van der Waals surface area contributed by atoms with Crippen LogP contribution in [0, 0.1) is 6.92 Å². The molecule has 1 aliphatic heterocycles. The zero-order valence-electron chi connectivity index (χ0n) is 11.3. The van der Waals surface area contributed by atoms with Gasteiger partial charge in [0.15, 0.2) is 0 Å². The third-order valence-corrected chi connectivity index (χ3v) is 3.71. The molecular formula is C14H20N4O. The summed E-state index contributed by atoms with van der Waals surface area (Å²) >= 11 is 0. The molecule has 2 heterocycles. The van der Waals surface area contributed by atoms with Crippen molar-refractivity contribution in [2.45, 2.75) is 6.92 Å². The molecule has 19 heavy (non-hydrogen) atoms. The predicted octanol–water partition coefficient (Wildman–Crippen LogP) is 0.986. The molecule has 2 aromatic rings. The lowest BCUT2D eigenvalue weighted by Crippen LogP contribution is -2.47. The number of hydrogen-bond donors (Lipinski definition) is 2. The highest BCUT2D eigenvalue weighted by Crippen LogP contribution is 2.19. The van der Waals surface area contributed by atoms with Crippen molar-refractivity contribution in [1.29, 1.82) is 0 Å². The lowest BCUT2D eigenvalue weighted by Gasteiger charge is -2.34. The highest BCUT2D eigenvalue weighted by molar-refractivity contribution is 5.78. The van der Waals surface area contributed by atoms with E-state index < -0.39 is 0 Å². The van der Waals surface area contributed by atoms with Gasteiger partial charge in [-0.3, -0.25) is 4.90 Å². The van der Waals surface area contributed by atoms with Crippen LogP contribution in [0.1, 0.15) is 5.56 Å². The molecule has 0 atom stereocenters. The quantitative estimate of drug-likeness (QED) is 0.864. The number of nitrogens with one attached hydrogen (secondary N) is 1. The van der Waals surface area contributed by atoms with Crippen LogP contribution in [0.5, 0.6) is 0 Å². The fourth-order valence-electron chi connectivity index (χ4n) is 2.58. The van der Waals surface area contributed by atoms with Crippen molar-refractivity contribution in [2.75, 3.05) is 44.2 Å². The fourth-order valence-corrected chi connectivity index (χ4v) is 2.58. The number of fused-ring (bicyclic) bond motifs is 1. The maximum absolute atomic E-state index is 8.95. The van der Waals surface area contributed by atoms with Gasteiger partial charge in [-0.05, 0) is 24.6 Å². The normalized spacial score (nSPS) is 17.3. The molecule has 1 fully saturated rings. The molecule has 2 N–H and O–H groups in total. The van der Waals surface area contributed by atoms with Crippen LogP contribution < -0.4 is 4.90 Å². The molecule has 0 aliphatic carbocycles. The van der Waals surface area contributed by atoms with E-state index in [1.165, 1.54) is 5.56 Å². The molecule has 0 saturated carbocycles. The Morgan fingerprint density at radius 1 is 1.26 bits per heavy atom. The van der Waals surface area contributed by atoms with Gasteiger partial charge >= 0.3 is 0 Å². The molecule has 1 aromatic heterocycles. The highest BCUT2D eigenvalue weighted by atomic mass is 16.3. The Kier molecular flexibility index (Phi) is 3.40. The van der Waals surface area contributed by atoms with Gasteiger partial charge in [-0.25, -0.2) is 4.98 Å². The first-order valence-corrected chi connectivity index (χ1v) is 6.81. The van der Waals surface area contributed by atoms with Crippen molar-refractivity contribution in [3.63, 3.8) is 0 Å². The largest absolute Gasteiger partial charge is 0.395 e. The molecule has 102 valence electrons. The minimum atomic E-state index is 0.240. The summed E-state index contributed by atoms with van der Waals surface area (Å²) in [5.74, 6) is 0.962. The SMILES string of the molecule is Cc1ccc2nc(N3CCN(CCO)CC3)[nH]c2c1. The molecule has 0 spiro atoms. The summed E-state index contributed by atoms with van der Waals surface area (Å²) in [5, 5.41) is 8.95. The number of aromatic amines is 1. The maximum atomic E-state index is 8.95. The van der Waals surface area contributed by atoms with Crippen LogP contribution >= 0.6 is 0 Å². The number of anilines is 1. The highest BCUT2D eigenvalue weighted by Gasteiger charge is 2.18. The number of β-amino-alcohol motifs (C(OH)–C–C–N with tert-alkyl or cyclic N) is 1. The monoisotopic (exact) mass is 260 g/mol. The zero-order chi connectivity index (χ0) is 13.2. The molecule has 1 saturated heterocycles. The lowest BCUT2D eigenvalue weighted by atomic mass is 10.2. The van der Waals surface area contributed by atoms with Gasteiger partial charge in [0.05, 0.1) is 17.6 Å². The van der Waals surface area contributed by atoms with Crippen LogP contribution in [-0.2, 0) is 0 Å². The summed E-state index contributed by atoms with van der Waals surface area (Å²) < 4.78 is 0. The van der Waals surface area contributed by atoms with Gasteiger partial charge in [0, 0.05) is 32.7 Å². The molecule has 0 amide bonds. The number of aryl methyl sites for hydroxylation is 1. The molecule has 5 heteroatoms. The topological polar surface area (TPSA) is 55.4 Å². The first-order chi connectivity index (χ1) is 9.26. The Hall–Kier alpha value is -1.59. The number of piperazine rings is 1. The van der Waals surface area contributed by atoms with Crippen molar-refractivity contribution < 1.29 is 5.11 Å². The second-order valence-electron chi connectivity index (χ2n) is 5.13. The van der Waals surface area contributed by atoms with Gasteiger partial charge in [-0.2, -0.15) is 0 Å². The Bertz CT molecular complexity index is 558. The molecule has 3 rings (SSSR count). The molecular weight excluding hydrogens is 240 g/mol. The predicted molar refractivity (Wildman–Crippen MR) is 76.6 cm³/mol. The van der Waals surface area contributed by atoms with Crippen molar-refractivity contribution >= 4 is 17.0 Å². The molecule has 0 unspecified atom stereocenters. The van der Waals surface area contributed by atoms with Crippen LogP contribution in [0.25, 0.3) is 11.0 Å². The van der Waals surface area contributed by atoms with Crippen LogP contribution in [0.4, 0.5) is 5.95 Å². The Balaban J connectivity index is 1.74. The van der Waals surface area contributed by atoms with Gasteiger partial charge in [0.25, 0.3) is 0 Å². The average Bonchev–Trinajstić information content (AvgIpc) is 2.83. The van der Waals surface area contributed by atoms with Crippen molar-refractivity contribution in [2.24, 2.45) is 0 Å². The Labute approximate surface area is 112 Å². The standard InChI is InChI=1S/C14H20N4O/c1-11-2-3-12-13(10-11)16-14(15-12)18-6-4-17(5-7-18)8-9-19/h2-3,10,19H,4-9H2,1H3,(H,15,16). The van der Waals surface area contributed by atoms with Crippen LogP contribution in [0.3, 0.4) is 0 Å². The van der Waals surface area contributed by atoms with E-state index in [2.05, 4.69) is 44.9 Å². The summed E-state index contributed by atoms with van der Waals surface area (Å²) in [4.78, 5) is 12.6. The minimum absolute atomic E-state index is 0.240. The van der Waals surface area contributed by atoms with E-state index in [4.69, 9.17) is 5.11 Å². The summed E-state index contributed by atoms with van der Waals surface area (Å²) in [7, 11) is 0. The van der Waals surface area contributed by atoms with E-state index in [9.17, 15) is 0 Å². The lowest BCUT2D eigenvalue weighted by molar-refractivity contribution is 0.188. The molecule has 1 aliphatic rings. The van der Waals surface area contributed by atoms with E-state index in [-0.39, 0.29) is 6.61 Å². The second kappa shape index (κ2) is 5.19. The van der Waals surface area contributed by atoms with Crippen LogP contribution in [0.2, 0.25) is 0 Å². The van der Waals surface area contributed by atoms with Crippen molar-refractivity contribution in [1.82, 2.24) is 14.9 Å². The number of H-pyrrole nitrogens is 1. The number of nitrogens with zero attached hydrogens (tertiary/aromatic N) is 3. The smallest absolute Gasteiger partial charge is 0.203 e. The van der Waals surface area contributed by atoms with Crippen LogP contribution in [-0.4, -0.2) is 59.3 Å². The van der Waals surface area contributed by atoms with Gasteiger partial charge < -0.3 is 15.0 Å². The van der Waals surface area contributed by atoms with E-state index in [1.807, 2.05) is 0 Å². The number of imidazole rings is 1. The molecule has 5 nitrogen and oxygen atoms in total. The second-order valence-corrected chi connectivity index (χ2v) is 5.13. The number of rotatable bonds is 3. The Morgan fingerprint density at radius 2 is 2.05 bits per heavy atom. The average molecular weight is 260 g/mol. The maximum Gasteiger partial charge on any atom is 0.203 e. The van der Waals surface area contributed by atoms with E-state index in [0.29, 0.717) is 0 Å². The number of aliphatic hydroxyl groups excluding tert-OH is 1. The summed E-state index contributed by atoms with van der Waals surface area (Å²) in [6, 6.07) is 6.28. The summed E-state index contributed by atoms with van der Waals surface area (Å²) in [5.41, 5.74) is 3.38. The van der Waals surface area contributed by atoms with E-state index in [0.717, 1.165) is 49.7 Å². The third kappa shape index (κ3) is 2.57.